The van der Waals surface area contributed by atoms with Gasteiger partial charge in [-0.15, -0.1) is 0 Å². The van der Waals surface area contributed by atoms with Crippen LogP contribution in [0.25, 0.3) is 0 Å². The second kappa shape index (κ2) is 6.04. The summed E-state index contributed by atoms with van der Waals surface area (Å²) in [5.74, 6) is -1.37. The average molecular weight is 320 g/mol. The summed E-state index contributed by atoms with van der Waals surface area (Å²) in [6.07, 6.45) is 0. The maximum absolute atomic E-state index is 13.8. The number of nitrogens with zero attached hydrogens (tertiary/aromatic N) is 4. The summed E-state index contributed by atoms with van der Waals surface area (Å²) in [4.78, 5) is 25.5. The third-order valence-electron chi connectivity index (χ3n) is 3.53. The number of hydrogen-bond donors (Lipinski definition) is 0. The standard InChI is InChI=1S/C15H14F2N4O2/c1-19(8-9-4-5-10(16)6-12(9)17)13-11(7-18)14(22)21(3)15(23)20(13)2/h4-6H,8H2,1-3H3. The van der Waals surface area contributed by atoms with Gasteiger partial charge in [0.15, 0.2) is 5.56 Å². The molecule has 0 fully saturated rings. The zero-order valence-electron chi connectivity index (χ0n) is 12.8. The molecule has 6 nitrogen and oxygen atoms in total. The van der Waals surface area contributed by atoms with Crippen molar-refractivity contribution >= 4 is 5.82 Å². The predicted octanol–water partition coefficient (Wildman–Crippen LogP) is 0.870. The smallest absolute Gasteiger partial charge is 0.332 e. The molecular weight excluding hydrogens is 306 g/mol. The van der Waals surface area contributed by atoms with E-state index in [0.717, 1.165) is 21.3 Å². The minimum Gasteiger partial charge on any atom is -0.355 e. The predicted molar refractivity (Wildman–Crippen MR) is 80.1 cm³/mol. The molecule has 0 N–H and O–H groups in total. The topological polar surface area (TPSA) is 71.0 Å². The second-order valence-corrected chi connectivity index (χ2v) is 5.11. The Bertz CT molecular complexity index is 925. The van der Waals surface area contributed by atoms with E-state index in [-0.39, 0.29) is 23.5 Å². The third kappa shape index (κ3) is 2.85. The van der Waals surface area contributed by atoms with Crippen LogP contribution in [0.5, 0.6) is 0 Å². The van der Waals surface area contributed by atoms with Crippen molar-refractivity contribution in [1.29, 1.82) is 5.26 Å². The molecule has 0 saturated carbocycles. The summed E-state index contributed by atoms with van der Waals surface area (Å²) in [5.41, 5.74) is -1.38. The first-order valence-corrected chi connectivity index (χ1v) is 6.63. The second-order valence-electron chi connectivity index (χ2n) is 5.11. The maximum atomic E-state index is 13.8. The minimum absolute atomic E-state index is 0.0404. The lowest BCUT2D eigenvalue weighted by Crippen LogP contribution is -2.41. The Balaban J connectivity index is 2.56. The lowest BCUT2D eigenvalue weighted by molar-refractivity contribution is 0.569. The van der Waals surface area contributed by atoms with Crippen LogP contribution < -0.4 is 16.1 Å². The van der Waals surface area contributed by atoms with Crippen LogP contribution in [0.4, 0.5) is 14.6 Å². The summed E-state index contributed by atoms with van der Waals surface area (Å²) in [7, 11) is 4.20. The largest absolute Gasteiger partial charge is 0.355 e. The zero-order chi connectivity index (χ0) is 17.3. The lowest BCUT2D eigenvalue weighted by atomic mass is 10.2. The van der Waals surface area contributed by atoms with Crippen molar-refractivity contribution in [3.8, 4) is 6.07 Å². The lowest BCUT2D eigenvalue weighted by Gasteiger charge is -2.23. The molecule has 1 aromatic carbocycles. The number of rotatable bonds is 3. The number of aromatic nitrogens is 2. The first-order chi connectivity index (χ1) is 10.8. The van der Waals surface area contributed by atoms with E-state index in [4.69, 9.17) is 0 Å². The molecule has 8 heteroatoms. The Morgan fingerprint density at radius 3 is 2.43 bits per heavy atom. The molecule has 0 bridgehead atoms. The number of benzene rings is 1. The van der Waals surface area contributed by atoms with Gasteiger partial charge < -0.3 is 4.90 Å². The fourth-order valence-electron chi connectivity index (χ4n) is 2.36. The van der Waals surface area contributed by atoms with Crippen LogP contribution in [0, 0.1) is 23.0 Å². The van der Waals surface area contributed by atoms with Gasteiger partial charge in [0.1, 0.15) is 23.5 Å². The molecule has 0 spiro atoms. The van der Waals surface area contributed by atoms with E-state index in [0.29, 0.717) is 0 Å². The van der Waals surface area contributed by atoms with Gasteiger partial charge in [0.2, 0.25) is 0 Å². The third-order valence-corrected chi connectivity index (χ3v) is 3.53. The van der Waals surface area contributed by atoms with Crippen LogP contribution in [-0.4, -0.2) is 16.2 Å². The van der Waals surface area contributed by atoms with Gasteiger partial charge in [0.25, 0.3) is 5.56 Å². The van der Waals surface area contributed by atoms with Crippen molar-refractivity contribution in [2.75, 3.05) is 11.9 Å². The van der Waals surface area contributed by atoms with Gasteiger partial charge in [-0.1, -0.05) is 6.07 Å². The normalized spacial score (nSPS) is 10.4. The van der Waals surface area contributed by atoms with Crippen LogP contribution in [0.3, 0.4) is 0 Å². The SMILES string of the molecule is CN(Cc1ccc(F)cc1F)c1c(C#N)c(=O)n(C)c(=O)n1C. The van der Waals surface area contributed by atoms with Crippen LogP contribution in [0.2, 0.25) is 0 Å². The minimum atomic E-state index is -0.746. The summed E-state index contributed by atoms with van der Waals surface area (Å²) >= 11 is 0. The zero-order valence-corrected chi connectivity index (χ0v) is 12.8. The molecule has 23 heavy (non-hydrogen) atoms. The first kappa shape index (κ1) is 16.4. The van der Waals surface area contributed by atoms with Crippen molar-refractivity contribution in [1.82, 2.24) is 9.13 Å². The van der Waals surface area contributed by atoms with E-state index in [1.165, 1.54) is 32.1 Å². The van der Waals surface area contributed by atoms with Crippen LogP contribution in [0.15, 0.2) is 27.8 Å². The molecule has 0 aliphatic rings. The Morgan fingerprint density at radius 1 is 1.22 bits per heavy atom. The fraction of sp³-hybridized carbons (Fsp3) is 0.267. The molecule has 0 amide bonds. The van der Waals surface area contributed by atoms with Crippen molar-refractivity contribution in [3.05, 3.63) is 61.8 Å². The Morgan fingerprint density at radius 2 is 1.87 bits per heavy atom. The van der Waals surface area contributed by atoms with Crippen molar-refractivity contribution in [2.45, 2.75) is 6.54 Å². The summed E-state index contributed by atoms with van der Waals surface area (Å²) < 4.78 is 28.7. The number of anilines is 1. The van der Waals surface area contributed by atoms with Crippen LogP contribution in [0.1, 0.15) is 11.1 Å². The molecule has 120 valence electrons. The molecule has 0 aliphatic heterocycles. The highest BCUT2D eigenvalue weighted by Gasteiger charge is 2.19. The first-order valence-electron chi connectivity index (χ1n) is 6.63. The van der Waals surface area contributed by atoms with E-state index in [1.54, 1.807) is 6.07 Å². The number of hydrogen-bond acceptors (Lipinski definition) is 4. The molecule has 0 unspecified atom stereocenters. The van der Waals surface area contributed by atoms with E-state index in [1.807, 2.05) is 0 Å². The molecule has 0 aliphatic carbocycles. The van der Waals surface area contributed by atoms with Crippen LogP contribution in [-0.2, 0) is 20.6 Å². The van der Waals surface area contributed by atoms with E-state index < -0.39 is 22.9 Å². The Hall–Kier alpha value is -2.95. The molecule has 2 aromatic rings. The molecule has 0 saturated heterocycles. The van der Waals surface area contributed by atoms with Gasteiger partial charge >= 0.3 is 5.69 Å². The Labute approximate surface area is 130 Å². The molecule has 0 atom stereocenters. The van der Waals surface area contributed by atoms with Gasteiger partial charge in [-0.25, -0.2) is 13.6 Å². The van der Waals surface area contributed by atoms with Gasteiger partial charge in [-0.05, 0) is 6.07 Å². The van der Waals surface area contributed by atoms with Gasteiger partial charge in [-0.2, -0.15) is 5.26 Å². The van der Waals surface area contributed by atoms with E-state index in [9.17, 15) is 23.6 Å². The Kier molecular flexibility index (Phi) is 4.31. The van der Waals surface area contributed by atoms with Crippen molar-refractivity contribution in [3.63, 3.8) is 0 Å². The summed E-state index contributed by atoms with van der Waals surface area (Å²) in [6, 6.07) is 4.90. The quantitative estimate of drug-likeness (QED) is 0.841. The highest BCUT2D eigenvalue weighted by atomic mass is 19.1. The number of halogens is 2. The van der Waals surface area contributed by atoms with Gasteiger partial charge in [0.05, 0.1) is 0 Å². The monoisotopic (exact) mass is 320 g/mol. The highest BCUT2D eigenvalue weighted by molar-refractivity contribution is 5.53. The maximum Gasteiger partial charge on any atom is 0.332 e. The molecule has 1 aromatic heterocycles. The fourth-order valence-corrected chi connectivity index (χ4v) is 2.36. The number of nitriles is 1. The summed E-state index contributed by atoms with van der Waals surface area (Å²) in [6.45, 7) is -0.0404. The average Bonchev–Trinajstić information content (AvgIpc) is 2.51. The van der Waals surface area contributed by atoms with E-state index in [2.05, 4.69) is 0 Å². The van der Waals surface area contributed by atoms with Crippen molar-refractivity contribution < 1.29 is 8.78 Å². The molecule has 1 heterocycles. The highest BCUT2D eigenvalue weighted by Crippen LogP contribution is 2.18. The van der Waals surface area contributed by atoms with E-state index >= 15 is 0 Å². The van der Waals surface area contributed by atoms with Gasteiger partial charge in [0, 0.05) is 39.3 Å². The molecule has 2 rings (SSSR count). The molecular formula is C15H14F2N4O2. The summed E-state index contributed by atoms with van der Waals surface area (Å²) in [5, 5.41) is 9.22. The van der Waals surface area contributed by atoms with Crippen molar-refractivity contribution in [2.24, 2.45) is 14.1 Å². The van der Waals surface area contributed by atoms with Gasteiger partial charge in [-0.3, -0.25) is 13.9 Å². The van der Waals surface area contributed by atoms with Crippen LogP contribution >= 0.6 is 0 Å². The molecule has 0 radical (unpaired) electrons.